The van der Waals surface area contributed by atoms with Crippen molar-refractivity contribution in [3.63, 3.8) is 0 Å². The lowest BCUT2D eigenvalue weighted by Crippen LogP contribution is -2.46. The Morgan fingerprint density at radius 3 is 2.59 bits per heavy atom. The van der Waals surface area contributed by atoms with Gasteiger partial charge in [0.05, 0.1) is 5.69 Å². The number of aromatic nitrogens is 1. The van der Waals surface area contributed by atoms with E-state index in [-0.39, 0.29) is 17.4 Å². The van der Waals surface area contributed by atoms with E-state index in [0.29, 0.717) is 13.0 Å². The Labute approximate surface area is 133 Å². The van der Waals surface area contributed by atoms with Gasteiger partial charge in [-0.25, -0.2) is 14.2 Å². The first-order valence-electron chi connectivity index (χ1n) is 7.10. The predicted octanol–water partition coefficient (Wildman–Crippen LogP) is 3.59. The number of carbonyl (C=O) groups is 1. The van der Waals surface area contributed by atoms with Gasteiger partial charge >= 0.3 is 6.03 Å². The third-order valence-corrected chi connectivity index (χ3v) is 3.74. The van der Waals surface area contributed by atoms with E-state index in [9.17, 15) is 9.18 Å². The first-order chi connectivity index (χ1) is 10.3. The highest BCUT2D eigenvalue weighted by molar-refractivity contribution is 7.13. The average molecular weight is 321 g/mol. The van der Waals surface area contributed by atoms with Crippen LogP contribution in [0.1, 0.15) is 26.5 Å². The van der Waals surface area contributed by atoms with E-state index in [0.717, 1.165) is 16.3 Å². The van der Waals surface area contributed by atoms with Crippen molar-refractivity contribution in [2.75, 3.05) is 6.54 Å². The molecule has 1 heterocycles. The second-order valence-electron chi connectivity index (χ2n) is 6.03. The number of amides is 2. The molecule has 0 spiro atoms. The molecule has 2 rings (SSSR count). The molecule has 2 N–H and O–H groups in total. The van der Waals surface area contributed by atoms with Crippen molar-refractivity contribution in [2.24, 2.45) is 0 Å². The van der Waals surface area contributed by atoms with Gasteiger partial charge in [0.2, 0.25) is 0 Å². The third kappa shape index (κ3) is 5.11. The number of thiazole rings is 1. The number of nitrogens with one attached hydrogen (secondary N) is 2. The quantitative estimate of drug-likeness (QED) is 0.904. The minimum Gasteiger partial charge on any atom is -0.338 e. The molecule has 0 atom stereocenters. The molecule has 22 heavy (non-hydrogen) atoms. The van der Waals surface area contributed by atoms with Gasteiger partial charge in [-0.2, -0.15) is 0 Å². The highest BCUT2D eigenvalue weighted by Gasteiger charge is 2.13. The molecule has 0 saturated heterocycles. The van der Waals surface area contributed by atoms with Crippen molar-refractivity contribution < 1.29 is 9.18 Å². The van der Waals surface area contributed by atoms with E-state index in [1.165, 1.54) is 23.5 Å². The fourth-order valence-corrected chi connectivity index (χ4v) is 2.70. The lowest BCUT2D eigenvalue weighted by molar-refractivity contribution is 0.232. The zero-order chi connectivity index (χ0) is 16.2. The summed E-state index contributed by atoms with van der Waals surface area (Å²) in [5.41, 5.74) is 1.57. The number of rotatable bonds is 4. The molecule has 0 unspecified atom stereocenters. The van der Waals surface area contributed by atoms with Gasteiger partial charge in [-0.15, -0.1) is 11.3 Å². The molecule has 118 valence electrons. The summed E-state index contributed by atoms with van der Waals surface area (Å²) in [5, 5.41) is 8.46. The largest absolute Gasteiger partial charge is 0.338 e. The smallest absolute Gasteiger partial charge is 0.315 e. The number of urea groups is 1. The van der Waals surface area contributed by atoms with Crippen molar-refractivity contribution >= 4 is 17.4 Å². The first kappa shape index (κ1) is 16.4. The van der Waals surface area contributed by atoms with Crippen LogP contribution in [0.15, 0.2) is 29.6 Å². The zero-order valence-electron chi connectivity index (χ0n) is 12.9. The molecule has 0 bridgehead atoms. The van der Waals surface area contributed by atoms with E-state index in [1.807, 2.05) is 26.2 Å². The van der Waals surface area contributed by atoms with Crippen LogP contribution in [-0.2, 0) is 6.42 Å². The van der Waals surface area contributed by atoms with Gasteiger partial charge in [0, 0.05) is 29.4 Å². The van der Waals surface area contributed by atoms with Crippen LogP contribution in [0.5, 0.6) is 0 Å². The minimum absolute atomic E-state index is 0.179. The summed E-state index contributed by atoms with van der Waals surface area (Å²) in [6.45, 7) is 6.32. The molecule has 0 aliphatic carbocycles. The standard InChI is InChI=1S/C16H20FN3OS/c1-16(2,3)20-15(21)18-9-8-13-10-22-14(19-13)11-4-6-12(17)7-5-11/h4-7,10H,8-9H2,1-3H3,(H2,18,20,21). The van der Waals surface area contributed by atoms with Gasteiger partial charge < -0.3 is 10.6 Å². The number of hydrogen-bond donors (Lipinski definition) is 2. The molecule has 0 aliphatic heterocycles. The maximum atomic E-state index is 12.9. The SMILES string of the molecule is CC(C)(C)NC(=O)NCCc1csc(-c2ccc(F)cc2)n1. The lowest BCUT2D eigenvalue weighted by Gasteiger charge is -2.20. The monoisotopic (exact) mass is 321 g/mol. The summed E-state index contributed by atoms with van der Waals surface area (Å²) >= 11 is 1.52. The van der Waals surface area contributed by atoms with E-state index < -0.39 is 0 Å². The van der Waals surface area contributed by atoms with Crippen molar-refractivity contribution in [3.05, 3.63) is 41.2 Å². The van der Waals surface area contributed by atoms with E-state index >= 15 is 0 Å². The van der Waals surface area contributed by atoms with Crippen LogP contribution < -0.4 is 10.6 Å². The number of benzene rings is 1. The second-order valence-corrected chi connectivity index (χ2v) is 6.89. The fourth-order valence-electron chi connectivity index (χ4n) is 1.84. The summed E-state index contributed by atoms with van der Waals surface area (Å²) in [6, 6.07) is 6.10. The van der Waals surface area contributed by atoms with Crippen molar-refractivity contribution in [1.29, 1.82) is 0 Å². The highest BCUT2D eigenvalue weighted by atomic mass is 32.1. The van der Waals surface area contributed by atoms with Crippen LogP contribution in [0.25, 0.3) is 10.6 Å². The van der Waals surface area contributed by atoms with Gasteiger partial charge in [0.15, 0.2) is 0 Å². The first-order valence-corrected chi connectivity index (χ1v) is 7.98. The maximum Gasteiger partial charge on any atom is 0.315 e. The predicted molar refractivity (Wildman–Crippen MR) is 87.5 cm³/mol. The summed E-state index contributed by atoms with van der Waals surface area (Å²) in [4.78, 5) is 16.1. The van der Waals surface area contributed by atoms with Crippen LogP contribution in [0.2, 0.25) is 0 Å². The van der Waals surface area contributed by atoms with Crippen LogP contribution in [0, 0.1) is 5.82 Å². The third-order valence-electron chi connectivity index (χ3n) is 2.80. The highest BCUT2D eigenvalue weighted by Crippen LogP contribution is 2.23. The Hall–Kier alpha value is -1.95. The lowest BCUT2D eigenvalue weighted by atomic mass is 10.1. The van der Waals surface area contributed by atoms with Crippen LogP contribution >= 0.6 is 11.3 Å². The molecule has 0 fully saturated rings. The fraction of sp³-hybridized carbons (Fsp3) is 0.375. The molecule has 2 amide bonds. The molecule has 6 heteroatoms. The van der Waals surface area contributed by atoms with Crippen molar-refractivity contribution in [2.45, 2.75) is 32.7 Å². The molecule has 0 saturated carbocycles. The van der Waals surface area contributed by atoms with E-state index in [2.05, 4.69) is 15.6 Å². The Morgan fingerprint density at radius 2 is 1.95 bits per heavy atom. The Kier molecular flexibility index (Phi) is 5.13. The second kappa shape index (κ2) is 6.87. The van der Waals surface area contributed by atoms with Crippen LogP contribution in [0.4, 0.5) is 9.18 Å². The zero-order valence-corrected chi connectivity index (χ0v) is 13.8. The summed E-state index contributed by atoms with van der Waals surface area (Å²) < 4.78 is 12.9. The molecule has 0 aliphatic rings. The Bertz CT molecular complexity index is 632. The number of carbonyl (C=O) groups excluding carboxylic acids is 1. The van der Waals surface area contributed by atoms with Gasteiger partial charge in [0.25, 0.3) is 0 Å². The molecule has 2 aromatic rings. The van der Waals surface area contributed by atoms with Gasteiger partial charge in [-0.3, -0.25) is 0 Å². The van der Waals surface area contributed by atoms with Gasteiger partial charge in [-0.05, 0) is 45.0 Å². The van der Waals surface area contributed by atoms with Crippen LogP contribution in [0.3, 0.4) is 0 Å². The number of nitrogens with zero attached hydrogens (tertiary/aromatic N) is 1. The summed E-state index contributed by atoms with van der Waals surface area (Å²) in [7, 11) is 0. The minimum atomic E-state index is -0.255. The Morgan fingerprint density at radius 1 is 1.27 bits per heavy atom. The summed E-state index contributed by atoms with van der Waals surface area (Å²) in [6.07, 6.45) is 0.662. The molecule has 1 aromatic heterocycles. The van der Waals surface area contributed by atoms with E-state index in [4.69, 9.17) is 0 Å². The topological polar surface area (TPSA) is 54.0 Å². The molecule has 1 aromatic carbocycles. The maximum absolute atomic E-state index is 12.9. The number of hydrogen-bond acceptors (Lipinski definition) is 3. The molecular formula is C16H20FN3OS. The molecule has 0 radical (unpaired) electrons. The van der Waals surface area contributed by atoms with Gasteiger partial charge in [0.1, 0.15) is 10.8 Å². The van der Waals surface area contributed by atoms with Crippen LogP contribution in [-0.4, -0.2) is 23.1 Å². The Balaban J connectivity index is 1.85. The average Bonchev–Trinajstić information content (AvgIpc) is 2.86. The van der Waals surface area contributed by atoms with Crippen molar-refractivity contribution in [1.82, 2.24) is 15.6 Å². The van der Waals surface area contributed by atoms with Gasteiger partial charge in [-0.1, -0.05) is 0 Å². The van der Waals surface area contributed by atoms with E-state index in [1.54, 1.807) is 12.1 Å². The summed E-state index contributed by atoms with van der Waals surface area (Å²) in [5.74, 6) is -0.255. The van der Waals surface area contributed by atoms with Crippen molar-refractivity contribution in [3.8, 4) is 10.6 Å². The molecule has 4 nitrogen and oxygen atoms in total. The molecular weight excluding hydrogens is 301 g/mol. The normalized spacial score (nSPS) is 11.3. The number of halogens is 1.